The summed E-state index contributed by atoms with van der Waals surface area (Å²) in [7, 11) is 1.50. The van der Waals surface area contributed by atoms with E-state index in [0.717, 1.165) is 16.5 Å². The van der Waals surface area contributed by atoms with Gasteiger partial charge in [0.25, 0.3) is 0 Å². The highest BCUT2D eigenvalue weighted by molar-refractivity contribution is 5.90. The maximum atomic E-state index is 11.8. The van der Waals surface area contributed by atoms with Gasteiger partial charge in [-0.25, -0.2) is 0 Å². The van der Waals surface area contributed by atoms with Crippen LogP contribution in [0.4, 0.5) is 0 Å². The Morgan fingerprint density at radius 2 is 1.83 bits per heavy atom. The first-order chi connectivity index (χ1) is 11.5. The minimum atomic E-state index is -0.793. The van der Waals surface area contributed by atoms with Crippen LogP contribution in [0.1, 0.15) is 25.3 Å². The van der Waals surface area contributed by atoms with Gasteiger partial charge in [0, 0.05) is 36.4 Å². The van der Waals surface area contributed by atoms with Crippen molar-refractivity contribution >= 4 is 28.5 Å². The van der Waals surface area contributed by atoms with Crippen LogP contribution in [0.25, 0.3) is 10.9 Å². The van der Waals surface area contributed by atoms with Gasteiger partial charge in [0.1, 0.15) is 11.8 Å². The largest absolute Gasteiger partial charge is 0.368 e. The molecule has 2 aromatic rings. The third-order valence-corrected chi connectivity index (χ3v) is 3.48. The molecule has 1 heterocycles. The third kappa shape index (κ3) is 5.51. The number of carbonyl (C=O) groups excluding carboxylic acids is 3. The number of nitrogens with two attached hydrogens (primary N) is 2. The Bertz CT molecular complexity index is 709. The van der Waals surface area contributed by atoms with Crippen LogP contribution >= 0.6 is 0 Å². The van der Waals surface area contributed by atoms with Gasteiger partial charge in [0.05, 0.1) is 0 Å². The fraction of sp³-hybridized carbons (Fsp3) is 0.353. The van der Waals surface area contributed by atoms with Crippen LogP contribution in [0.2, 0.25) is 0 Å². The summed E-state index contributed by atoms with van der Waals surface area (Å²) in [4.78, 5) is 37.4. The maximum absolute atomic E-state index is 11.8. The Hall–Kier alpha value is -2.67. The molecular formula is C17H24N4O3. The summed E-state index contributed by atoms with van der Waals surface area (Å²) in [5, 5.41) is 3.59. The molecule has 2 rings (SSSR count). The lowest BCUT2D eigenvalue weighted by atomic mass is 10.0. The van der Waals surface area contributed by atoms with E-state index in [1.807, 2.05) is 30.5 Å². The first-order valence-corrected chi connectivity index (χ1v) is 7.68. The highest BCUT2D eigenvalue weighted by Crippen LogP contribution is 2.19. The molecule has 130 valence electrons. The van der Waals surface area contributed by atoms with Crippen LogP contribution in [0.15, 0.2) is 30.5 Å². The van der Waals surface area contributed by atoms with Crippen molar-refractivity contribution in [1.82, 2.24) is 10.3 Å². The molecule has 0 aliphatic heterocycles. The first kappa shape index (κ1) is 19.4. The highest BCUT2D eigenvalue weighted by atomic mass is 16.2. The second kappa shape index (κ2) is 9.46. The van der Waals surface area contributed by atoms with Crippen molar-refractivity contribution in [2.24, 2.45) is 11.5 Å². The number of carbonyl (C=O) groups is 3. The SMILES string of the molecule is CC(=O)CCC(=O)N[C@@H](Cc1c[nH]c2ccccc12)C(N)=O.CN. The molecule has 0 bridgehead atoms. The molecule has 7 heteroatoms. The van der Waals surface area contributed by atoms with E-state index in [0.29, 0.717) is 6.42 Å². The van der Waals surface area contributed by atoms with Crippen molar-refractivity contribution in [2.45, 2.75) is 32.2 Å². The minimum absolute atomic E-state index is 0.0625. The molecule has 7 nitrogen and oxygen atoms in total. The van der Waals surface area contributed by atoms with Crippen LogP contribution in [-0.4, -0.2) is 35.7 Å². The average molecular weight is 332 g/mol. The standard InChI is InChI=1S/C16H19N3O3.CH5N/c1-10(20)6-7-15(21)19-14(16(17)22)8-11-9-18-13-5-3-2-4-12(11)13;1-2/h2-5,9,14,18H,6-8H2,1H3,(H2,17,22)(H,19,21);2H2,1H3/t14-;/m0./s1. The summed E-state index contributed by atoms with van der Waals surface area (Å²) >= 11 is 0. The number of fused-ring (bicyclic) bond motifs is 1. The number of nitrogens with one attached hydrogen (secondary N) is 2. The van der Waals surface area contributed by atoms with E-state index in [1.165, 1.54) is 14.0 Å². The topological polar surface area (TPSA) is 131 Å². The molecule has 1 aromatic heterocycles. The molecule has 0 radical (unpaired) electrons. The number of rotatable bonds is 7. The van der Waals surface area contributed by atoms with Crippen LogP contribution in [0, 0.1) is 0 Å². The molecule has 24 heavy (non-hydrogen) atoms. The van der Waals surface area contributed by atoms with E-state index in [-0.39, 0.29) is 24.5 Å². The van der Waals surface area contributed by atoms with Crippen LogP contribution in [0.5, 0.6) is 0 Å². The maximum Gasteiger partial charge on any atom is 0.240 e. The van der Waals surface area contributed by atoms with Crippen LogP contribution < -0.4 is 16.8 Å². The Balaban J connectivity index is 0.00000139. The quantitative estimate of drug-likeness (QED) is 0.592. The van der Waals surface area contributed by atoms with Gasteiger partial charge in [0.15, 0.2) is 0 Å². The fourth-order valence-corrected chi connectivity index (χ4v) is 2.30. The number of para-hydroxylation sites is 1. The zero-order valence-electron chi connectivity index (χ0n) is 14.0. The summed E-state index contributed by atoms with van der Waals surface area (Å²) in [6.45, 7) is 1.42. The van der Waals surface area contributed by atoms with E-state index in [1.54, 1.807) is 0 Å². The molecule has 0 aliphatic carbocycles. The summed E-state index contributed by atoms with van der Waals surface area (Å²) in [6.07, 6.45) is 2.34. The molecule has 0 spiro atoms. The minimum Gasteiger partial charge on any atom is -0.368 e. The number of hydrogen-bond acceptors (Lipinski definition) is 4. The van der Waals surface area contributed by atoms with Crippen LogP contribution in [-0.2, 0) is 20.8 Å². The van der Waals surface area contributed by atoms with E-state index >= 15 is 0 Å². The lowest BCUT2D eigenvalue weighted by Gasteiger charge is -2.15. The van der Waals surface area contributed by atoms with Crippen molar-refractivity contribution in [3.8, 4) is 0 Å². The molecule has 0 saturated carbocycles. The second-order valence-corrected chi connectivity index (χ2v) is 5.29. The number of amides is 2. The smallest absolute Gasteiger partial charge is 0.240 e. The lowest BCUT2D eigenvalue weighted by molar-refractivity contribution is -0.128. The van der Waals surface area contributed by atoms with Gasteiger partial charge in [0.2, 0.25) is 11.8 Å². The number of primary amides is 1. The van der Waals surface area contributed by atoms with Gasteiger partial charge < -0.3 is 26.6 Å². The monoisotopic (exact) mass is 332 g/mol. The molecule has 6 N–H and O–H groups in total. The van der Waals surface area contributed by atoms with Crippen molar-refractivity contribution in [3.63, 3.8) is 0 Å². The molecule has 0 unspecified atom stereocenters. The molecule has 1 aromatic carbocycles. The van der Waals surface area contributed by atoms with Crippen molar-refractivity contribution in [3.05, 3.63) is 36.0 Å². The number of Topliss-reactive ketones (excluding diaryl/α,β-unsaturated/α-hetero) is 1. The number of aromatic amines is 1. The molecule has 0 aliphatic rings. The molecule has 2 amide bonds. The van der Waals surface area contributed by atoms with Gasteiger partial charge >= 0.3 is 0 Å². The Kier molecular flexibility index (Phi) is 7.64. The molecular weight excluding hydrogens is 308 g/mol. The highest BCUT2D eigenvalue weighted by Gasteiger charge is 2.20. The van der Waals surface area contributed by atoms with Crippen molar-refractivity contribution in [1.29, 1.82) is 0 Å². The van der Waals surface area contributed by atoms with Gasteiger partial charge in [-0.1, -0.05) is 18.2 Å². The average Bonchev–Trinajstić information content (AvgIpc) is 2.97. The first-order valence-electron chi connectivity index (χ1n) is 7.68. The van der Waals surface area contributed by atoms with E-state index < -0.39 is 11.9 Å². The van der Waals surface area contributed by atoms with Crippen molar-refractivity contribution in [2.75, 3.05) is 7.05 Å². The zero-order chi connectivity index (χ0) is 18.1. The summed E-state index contributed by atoms with van der Waals surface area (Å²) in [6, 6.07) is 6.90. The van der Waals surface area contributed by atoms with Gasteiger partial charge in [-0.3, -0.25) is 9.59 Å². The Morgan fingerprint density at radius 1 is 1.17 bits per heavy atom. The predicted octanol–water partition coefficient (Wildman–Crippen LogP) is 0.625. The van der Waals surface area contributed by atoms with Crippen LogP contribution in [0.3, 0.4) is 0 Å². The van der Waals surface area contributed by atoms with Gasteiger partial charge in [-0.05, 0) is 25.6 Å². The Labute approximate surface area is 140 Å². The number of ketones is 1. The second-order valence-electron chi connectivity index (χ2n) is 5.29. The van der Waals surface area contributed by atoms with E-state index in [9.17, 15) is 14.4 Å². The van der Waals surface area contributed by atoms with E-state index in [4.69, 9.17) is 5.73 Å². The molecule has 1 atom stereocenters. The van der Waals surface area contributed by atoms with Crippen molar-refractivity contribution < 1.29 is 14.4 Å². The van der Waals surface area contributed by atoms with Gasteiger partial charge in [-0.2, -0.15) is 0 Å². The Morgan fingerprint density at radius 3 is 2.46 bits per heavy atom. The number of aromatic nitrogens is 1. The molecule has 0 saturated heterocycles. The van der Waals surface area contributed by atoms with Gasteiger partial charge in [-0.15, -0.1) is 0 Å². The fourth-order valence-electron chi connectivity index (χ4n) is 2.30. The summed E-state index contributed by atoms with van der Waals surface area (Å²) in [5.41, 5.74) is 11.7. The lowest BCUT2D eigenvalue weighted by Crippen LogP contribution is -2.45. The number of hydrogen-bond donors (Lipinski definition) is 4. The summed E-state index contributed by atoms with van der Waals surface area (Å²) < 4.78 is 0. The van der Waals surface area contributed by atoms with E-state index in [2.05, 4.69) is 16.0 Å². The number of benzene rings is 1. The normalized spacial score (nSPS) is 11.3. The third-order valence-electron chi connectivity index (χ3n) is 3.48. The zero-order valence-corrected chi connectivity index (χ0v) is 14.0. The summed E-state index contributed by atoms with van der Waals surface area (Å²) in [5.74, 6) is -1.01. The predicted molar refractivity (Wildman–Crippen MR) is 93.2 cm³/mol. The number of H-pyrrole nitrogens is 1. The molecule has 0 fully saturated rings.